The number of rotatable bonds is 6. The van der Waals surface area contributed by atoms with Gasteiger partial charge in [-0.1, -0.05) is 61.2 Å². The van der Waals surface area contributed by atoms with Crippen molar-refractivity contribution in [3.8, 4) is 11.5 Å². The van der Waals surface area contributed by atoms with Crippen LogP contribution in [-0.2, 0) is 22.6 Å². The molecule has 2 aliphatic heterocycles. The molecule has 6 nitrogen and oxygen atoms in total. The van der Waals surface area contributed by atoms with Crippen LogP contribution in [0.3, 0.4) is 0 Å². The first-order chi connectivity index (χ1) is 16.6. The van der Waals surface area contributed by atoms with Gasteiger partial charge in [0.1, 0.15) is 6.54 Å². The number of carbonyl (C=O) groups is 2. The van der Waals surface area contributed by atoms with E-state index in [2.05, 4.69) is 24.4 Å². The van der Waals surface area contributed by atoms with Crippen LogP contribution in [0.1, 0.15) is 23.6 Å². The fraction of sp³-hybridized carbons (Fsp3) is 0.185. The van der Waals surface area contributed by atoms with Crippen LogP contribution >= 0.6 is 11.8 Å². The van der Waals surface area contributed by atoms with Crippen molar-refractivity contribution in [1.29, 1.82) is 0 Å². The van der Waals surface area contributed by atoms with Crippen molar-refractivity contribution < 1.29 is 19.1 Å². The lowest BCUT2D eigenvalue weighted by atomic mass is 10.1. The predicted octanol–water partition coefficient (Wildman–Crippen LogP) is 4.77. The Balaban J connectivity index is 1.32. The van der Waals surface area contributed by atoms with E-state index in [0.717, 1.165) is 28.1 Å². The van der Waals surface area contributed by atoms with E-state index >= 15 is 0 Å². The zero-order valence-electron chi connectivity index (χ0n) is 18.7. The Morgan fingerprint density at radius 3 is 2.62 bits per heavy atom. The average molecular weight is 473 g/mol. The molecule has 0 saturated heterocycles. The predicted molar refractivity (Wildman–Crippen MR) is 133 cm³/mol. The minimum atomic E-state index is -0.237. The second-order valence-electron chi connectivity index (χ2n) is 8.03. The van der Waals surface area contributed by atoms with Gasteiger partial charge in [0.15, 0.2) is 11.5 Å². The molecule has 2 heterocycles. The number of anilines is 1. The maximum absolute atomic E-state index is 13.4. The molecule has 0 radical (unpaired) electrons. The van der Waals surface area contributed by atoms with Gasteiger partial charge in [0.05, 0.1) is 10.6 Å². The molecule has 3 aromatic carbocycles. The van der Waals surface area contributed by atoms with Gasteiger partial charge in [-0.15, -0.1) is 0 Å². The number of benzene rings is 3. The van der Waals surface area contributed by atoms with Crippen molar-refractivity contribution in [3.05, 3.63) is 88.3 Å². The van der Waals surface area contributed by atoms with Crippen molar-refractivity contribution in [2.75, 3.05) is 18.2 Å². The summed E-state index contributed by atoms with van der Waals surface area (Å²) in [5.74, 6) is 0.957. The third-order valence-electron chi connectivity index (χ3n) is 5.75. The summed E-state index contributed by atoms with van der Waals surface area (Å²) in [5.41, 5.74) is 3.85. The third-order valence-corrected chi connectivity index (χ3v) is 6.82. The van der Waals surface area contributed by atoms with E-state index in [-0.39, 0.29) is 25.2 Å². The zero-order chi connectivity index (χ0) is 23.5. The van der Waals surface area contributed by atoms with Crippen molar-refractivity contribution in [2.45, 2.75) is 24.8 Å². The monoisotopic (exact) mass is 472 g/mol. The molecule has 1 N–H and O–H groups in total. The zero-order valence-corrected chi connectivity index (χ0v) is 19.6. The quantitative estimate of drug-likeness (QED) is 0.524. The standard InChI is InChI=1S/C27H24N2O4S/c1-2-18-7-9-19(10-8-18)14-25-27(31)29(21-5-3-4-6-24(21)34-25)16-26(30)28-15-20-11-12-22-23(13-20)33-17-32-22/h3-14H,2,15-17H2,1H3,(H,28,30)/b25-14+. The van der Waals surface area contributed by atoms with Crippen molar-refractivity contribution in [2.24, 2.45) is 0 Å². The summed E-state index contributed by atoms with van der Waals surface area (Å²) in [5, 5.41) is 2.91. The molecule has 2 amide bonds. The molecule has 0 saturated carbocycles. The number of ether oxygens (including phenoxy) is 2. The lowest BCUT2D eigenvalue weighted by Crippen LogP contribution is -2.42. The first kappa shape index (κ1) is 22.1. The topological polar surface area (TPSA) is 67.9 Å². The summed E-state index contributed by atoms with van der Waals surface area (Å²) in [7, 11) is 0. The first-order valence-corrected chi connectivity index (χ1v) is 12.0. The van der Waals surface area contributed by atoms with E-state index in [4.69, 9.17) is 9.47 Å². The van der Waals surface area contributed by atoms with Crippen LogP contribution in [-0.4, -0.2) is 25.2 Å². The van der Waals surface area contributed by atoms with E-state index < -0.39 is 0 Å². The van der Waals surface area contributed by atoms with E-state index in [1.54, 1.807) is 4.90 Å². The van der Waals surface area contributed by atoms with Gasteiger partial charge < -0.3 is 14.8 Å². The summed E-state index contributed by atoms with van der Waals surface area (Å²) < 4.78 is 10.7. The summed E-state index contributed by atoms with van der Waals surface area (Å²) >= 11 is 1.43. The van der Waals surface area contributed by atoms with Crippen molar-refractivity contribution in [3.63, 3.8) is 0 Å². The number of aryl methyl sites for hydroxylation is 1. The molecule has 34 heavy (non-hydrogen) atoms. The molecule has 0 atom stereocenters. The highest BCUT2D eigenvalue weighted by atomic mass is 32.2. The Morgan fingerprint density at radius 1 is 1.03 bits per heavy atom. The molecule has 0 aromatic heterocycles. The molecular weight excluding hydrogens is 448 g/mol. The summed E-state index contributed by atoms with van der Waals surface area (Å²) in [6.45, 7) is 2.59. The normalized spacial score (nSPS) is 15.4. The van der Waals surface area contributed by atoms with Crippen LogP contribution in [0, 0.1) is 0 Å². The van der Waals surface area contributed by atoms with Gasteiger partial charge in [-0.2, -0.15) is 0 Å². The highest BCUT2D eigenvalue weighted by Gasteiger charge is 2.30. The number of hydrogen-bond acceptors (Lipinski definition) is 5. The number of fused-ring (bicyclic) bond motifs is 2. The van der Waals surface area contributed by atoms with Gasteiger partial charge in [0, 0.05) is 11.4 Å². The number of thioether (sulfide) groups is 1. The molecule has 0 bridgehead atoms. The van der Waals surface area contributed by atoms with E-state index in [1.807, 2.05) is 60.7 Å². The van der Waals surface area contributed by atoms with Crippen molar-refractivity contribution in [1.82, 2.24) is 5.32 Å². The van der Waals surface area contributed by atoms with E-state index in [9.17, 15) is 9.59 Å². The molecule has 2 aliphatic rings. The average Bonchev–Trinajstić information content (AvgIpc) is 3.34. The Labute approximate surface area is 202 Å². The number of nitrogens with zero attached hydrogens (tertiary/aromatic N) is 1. The largest absolute Gasteiger partial charge is 0.454 e. The van der Waals surface area contributed by atoms with Crippen LogP contribution in [0.2, 0.25) is 0 Å². The maximum Gasteiger partial charge on any atom is 0.265 e. The lowest BCUT2D eigenvalue weighted by molar-refractivity contribution is -0.122. The third kappa shape index (κ3) is 4.65. The maximum atomic E-state index is 13.4. The van der Waals surface area contributed by atoms with Gasteiger partial charge in [0.2, 0.25) is 12.7 Å². The van der Waals surface area contributed by atoms with Gasteiger partial charge in [0.25, 0.3) is 5.91 Å². The smallest absolute Gasteiger partial charge is 0.265 e. The molecular formula is C27H24N2O4S. The Hall–Kier alpha value is -3.71. The summed E-state index contributed by atoms with van der Waals surface area (Å²) in [6, 6.07) is 21.4. The number of para-hydroxylation sites is 1. The van der Waals surface area contributed by atoms with Crippen molar-refractivity contribution >= 4 is 35.3 Å². The van der Waals surface area contributed by atoms with Crippen LogP contribution in [0.5, 0.6) is 11.5 Å². The Kier molecular flexibility index (Phi) is 6.27. The number of amides is 2. The van der Waals surface area contributed by atoms with Crippen LogP contribution < -0.4 is 19.7 Å². The summed E-state index contributed by atoms with van der Waals surface area (Å²) in [4.78, 5) is 29.3. The lowest BCUT2D eigenvalue weighted by Gasteiger charge is -2.29. The van der Waals surface area contributed by atoms with Crippen LogP contribution in [0.15, 0.2) is 76.5 Å². The van der Waals surface area contributed by atoms with Gasteiger partial charge >= 0.3 is 0 Å². The highest BCUT2D eigenvalue weighted by molar-refractivity contribution is 8.04. The summed E-state index contributed by atoms with van der Waals surface area (Å²) in [6.07, 6.45) is 2.85. The second kappa shape index (κ2) is 9.65. The molecule has 0 aliphatic carbocycles. The number of carbonyl (C=O) groups excluding carboxylic acids is 2. The molecule has 172 valence electrons. The molecule has 0 fully saturated rings. The SMILES string of the molecule is CCc1ccc(/C=C2/Sc3ccccc3N(CC(=O)NCc3ccc4c(c3)OCO4)C2=O)cc1. The second-order valence-corrected chi connectivity index (χ2v) is 9.11. The Morgan fingerprint density at radius 2 is 1.79 bits per heavy atom. The fourth-order valence-electron chi connectivity index (χ4n) is 3.87. The molecule has 3 aromatic rings. The van der Waals surface area contributed by atoms with Gasteiger partial charge in [-0.3, -0.25) is 14.5 Å². The van der Waals surface area contributed by atoms with Crippen LogP contribution in [0.4, 0.5) is 5.69 Å². The first-order valence-electron chi connectivity index (χ1n) is 11.2. The number of hydrogen-bond donors (Lipinski definition) is 1. The van der Waals surface area contributed by atoms with Gasteiger partial charge in [-0.25, -0.2) is 0 Å². The van der Waals surface area contributed by atoms with Gasteiger partial charge in [-0.05, 0) is 53.5 Å². The van der Waals surface area contributed by atoms with E-state index in [0.29, 0.717) is 22.9 Å². The molecule has 7 heteroatoms. The van der Waals surface area contributed by atoms with E-state index in [1.165, 1.54) is 17.3 Å². The minimum Gasteiger partial charge on any atom is -0.454 e. The molecule has 0 unspecified atom stereocenters. The molecule has 0 spiro atoms. The fourth-order valence-corrected chi connectivity index (χ4v) is 4.93. The minimum absolute atomic E-state index is 0.0624. The Bertz CT molecular complexity index is 1270. The molecule has 5 rings (SSSR count). The highest BCUT2D eigenvalue weighted by Crippen LogP contribution is 2.42. The number of nitrogens with one attached hydrogen (secondary N) is 1. The van der Waals surface area contributed by atoms with Crippen LogP contribution in [0.25, 0.3) is 6.08 Å².